The topological polar surface area (TPSA) is 55.8 Å². The number of ether oxygens (including phenoxy) is 2. The van der Waals surface area contributed by atoms with Crippen molar-refractivity contribution in [2.45, 2.75) is 24.5 Å². The molecule has 0 heterocycles. The average molecular weight is 582 g/mol. The molecule has 0 spiro atoms. The Bertz CT molecular complexity index is 1690. The van der Waals surface area contributed by atoms with Gasteiger partial charge in [-0.25, -0.2) is 0 Å². The number of carbonyl (C=O) groups is 2. The van der Waals surface area contributed by atoms with Crippen LogP contribution >= 0.6 is 0 Å². The normalized spacial score (nSPS) is 14.2. The van der Waals surface area contributed by atoms with Gasteiger partial charge in [-0.2, -0.15) is 0 Å². The molecule has 0 amide bonds. The van der Waals surface area contributed by atoms with Gasteiger partial charge in [0.1, 0.15) is 6.04 Å². The summed E-state index contributed by atoms with van der Waals surface area (Å²) in [5.41, 5.74) is 6.25. The lowest BCUT2D eigenvalue weighted by atomic mass is 9.76. The second-order valence-electron chi connectivity index (χ2n) is 11.1. The molecule has 0 aromatic heterocycles. The van der Waals surface area contributed by atoms with Crippen LogP contribution in [-0.4, -0.2) is 37.1 Å². The van der Waals surface area contributed by atoms with Crippen LogP contribution in [0.2, 0.25) is 0 Å². The van der Waals surface area contributed by atoms with E-state index in [1.165, 1.54) is 14.2 Å². The van der Waals surface area contributed by atoms with E-state index in [2.05, 4.69) is 53.4 Å². The molecule has 0 fully saturated rings. The highest BCUT2D eigenvalue weighted by Gasteiger charge is 2.55. The first-order valence-electron chi connectivity index (χ1n) is 14.8. The first-order chi connectivity index (χ1) is 21.6. The largest absolute Gasteiger partial charge is 0.469 e. The zero-order valence-corrected chi connectivity index (χ0v) is 24.9. The summed E-state index contributed by atoms with van der Waals surface area (Å²) in [5, 5.41) is 0. The van der Waals surface area contributed by atoms with Crippen molar-refractivity contribution in [2.75, 3.05) is 14.2 Å². The van der Waals surface area contributed by atoms with Crippen LogP contribution in [0.3, 0.4) is 0 Å². The Kier molecular flexibility index (Phi) is 8.40. The fourth-order valence-corrected chi connectivity index (χ4v) is 6.86. The summed E-state index contributed by atoms with van der Waals surface area (Å²) < 4.78 is 11.0. The Balaban J connectivity index is 1.69. The van der Waals surface area contributed by atoms with Crippen LogP contribution in [0.1, 0.15) is 27.8 Å². The van der Waals surface area contributed by atoms with Gasteiger partial charge in [-0.15, -0.1) is 0 Å². The van der Waals surface area contributed by atoms with E-state index in [4.69, 9.17) is 9.47 Å². The lowest BCUT2D eigenvalue weighted by molar-refractivity contribution is -0.162. The Morgan fingerprint density at radius 1 is 0.591 bits per heavy atom. The third-order valence-corrected chi connectivity index (χ3v) is 8.70. The van der Waals surface area contributed by atoms with Crippen LogP contribution in [-0.2, 0) is 37.6 Å². The fraction of sp³-hybridized carbons (Fsp3) is 0.179. The number of fused-ring (bicyclic) bond motifs is 3. The lowest BCUT2D eigenvalue weighted by Gasteiger charge is -2.48. The molecule has 2 atom stereocenters. The van der Waals surface area contributed by atoms with Gasteiger partial charge < -0.3 is 9.47 Å². The van der Waals surface area contributed by atoms with Crippen molar-refractivity contribution < 1.29 is 19.1 Å². The van der Waals surface area contributed by atoms with Crippen LogP contribution in [0.25, 0.3) is 11.1 Å². The maximum absolute atomic E-state index is 14.3. The first kappa shape index (κ1) is 29.1. The zero-order valence-electron chi connectivity index (χ0n) is 24.9. The van der Waals surface area contributed by atoms with Crippen LogP contribution < -0.4 is 0 Å². The molecule has 1 aliphatic carbocycles. The predicted octanol–water partition coefficient (Wildman–Crippen LogP) is 7.03. The van der Waals surface area contributed by atoms with Gasteiger partial charge in [-0.05, 0) is 45.4 Å². The van der Waals surface area contributed by atoms with Crippen LogP contribution in [0.5, 0.6) is 0 Å². The molecular weight excluding hydrogens is 546 g/mol. The number of hydrogen-bond donors (Lipinski definition) is 0. The van der Waals surface area contributed by atoms with E-state index in [0.717, 1.165) is 38.9 Å². The molecule has 5 heteroatoms. The minimum Gasteiger partial charge on any atom is -0.469 e. The first-order valence-corrected chi connectivity index (χ1v) is 14.8. The van der Waals surface area contributed by atoms with E-state index in [-0.39, 0.29) is 0 Å². The highest BCUT2D eigenvalue weighted by molar-refractivity contribution is 5.87. The maximum atomic E-state index is 14.3. The third-order valence-electron chi connectivity index (χ3n) is 8.70. The predicted molar refractivity (Wildman–Crippen MR) is 172 cm³/mol. The van der Waals surface area contributed by atoms with Crippen LogP contribution in [0, 0.1) is 5.92 Å². The van der Waals surface area contributed by atoms with Gasteiger partial charge in [0.2, 0.25) is 0 Å². The van der Waals surface area contributed by atoms with E-state index in [9.17, 15) is 9.59 Å². The van der Waals surface area contributed by atoms with Crippen molar-refractivity contribution in [3.8, 4) is 11.1 Å². The number of methoxy groups -OCH3 is 2. The van der Waals surface area contributed by atoms with Gasteiger partial charge in [0.05, 0.1) is 25.7 Å². The molecular formula is C39H35NO4. The highest BCUT2D eigenvalue weighted by Crippen LogP contribution is 2.55. The SMILES string of the molecule is COC(=O)[C@H](Cc1ccccc1)[C@H](C(=O)OC)N(Cc1ccccc1)C1(c2ccccc2)c2ccccc2-c2ccccc21. The summed E-state index contributed by atoms with van der Waals surface area (Å²) in [5.74, 6) is -1.83. The molecule has 0 saturated heterocycles. The standard InChI is InChI=1S/C39H35NO4/c1-43-37(41)33(26-28-16-6-3-7-17-28)36(38(42)44-2)40(27-29-18-8-4-9-19-29)39(30-20-10-5-11-21-30)34-24-14-12-22-31(34)32-23-13-15-25-35(32)39/h3-25,33,36H,26-27H2,1-2H3/t33-,36-/m1/s1. The number of esters is 2. The second kappa shape index (κ2) is 12.7. The average Bonchev–Trinajstić information content (AvgIpc) is 3.39. The molecule has 0 radical (unpaired) electrons. The monoisotopic (exact) mass is 581 g/mol. The molecule has 0 N–H and O–H groups in total. The molecule has 44 heavy (non-hydrogen) atoms. The Morgan fingerprint density at radius 2 is 1.05 bits per heavy atom. The van der Waals surface area contributed by atoms with E-state index in [1.807, 2.05) is 91.0 Å². The van der Waals surface area contributed by atoms with Crippen molar-refractivity contribution in [1.82, 2.24) is 4.90 Å². The van der Waals surface area contributed by atoms with Crippen molar-refractivity contribution in [3.05, 3.63) is 167 Å². The summed E-state index contributed by atoms with van der Waals surface area (Å²) in [7, 11) is 2.77. The zero-order chi connectivity index (χ0) is 30.5. The second-order valence-corrected chi connectivity index (χ2v) is 11.1. The number of nitrogens with zero attached hydrogens (tertiary/aromatic N) is 1. The third kappa shape index (κ3) is 5.10. The van der Waals surface area contributed by atoms with Gasteiger partial charge in [0, 0.05) is 6.54 Å². The van der Waals surface area contributed by atoms with Crippen LogP contribution in [0.4, 0.5) is 0 Å². The molecule has 0 unspecified atom stereocenters. The Hall–Kier alpha value is -5.00. The number of carbonyl (C=O) groups excluding carboxylic acids is 2. The lowest BCUT2D eigenvalue weighted by Crippen LogP contribution is -2.58. The summed E-state index contributed by atoms with van der Waals surface area (Å²) in [6.07, 6.45) is 0.298. The molecule has 0 bridgehead atoms. The minimum absolute atomic E-state index is 0.298. The van der Waals surface area contributed by atoms with Gasteiger partial charge in [0.25, 0.3) is 0 Å². The van der Waals surface area contributed by atoms with E-state index < -0.39 is 29.4 Å². The molecule has 5 nitrogen and oxygen atoms in total. The summed E-state index contributed by atoms with van der Waals surface area (Å²) in [6.45, 7) is 0.362. The molecule has 0 saturated carbocycles. The molecule has 0 aliphatic heterocycles. The van der Waals surface area contributed by atoms with E-state index in [0.29, 0.717) is 13.0 Å². The smallest absolute Gasteiger partial charge is 0.324 e. The van der Waals surface area contributed by atoms with Gasteiger partial charge in [0.15, 0.2) is 0 Å². The highest BCUT2D eigenvalue weighted by atomic mass is 16.5. The summed E-state index contributed by atoms with van der Waals surface area (Å²) >= 11 is 0. The number of benzene rings is 5. The molecule has 6 rings (SSSR count). The molecule has 1 aliphatic rings. The number of rotatable bonds is 10. The van der Waals surface area contributed by atoms with Crippen LogP contribution in [0.15, 0.2) is 140 Å². The fourth-order valence-electron chi connectivity index (χ4n) is 6.86. The van der Waals surface area contributed by atoms with E-state index >= 15 is 0 Å². The van der Waals surface area contributed by atoms with Gasteiger partial charge >= 0.3 is 11.9 Å². The van der Waals surface area contributed by atoms with Gasteiger partial charge in [-0.1, -0.05) is 140 Å². The molecule has 5 aromatic rings. The quantitative estimate of drug-likeness (QED) is 0.166. The Labute approximate surface area is 258 Å². The van der Waals surface area contributed by atoms with Crippen molar-refractivity contribution >= 4 is 11.9 Å². The van der Waals surface area contributed by atoms with E-state index in [1.54, 1.807) is 0 Å². The van der Waals surface area contributed by atoms with Crippen molar-refractivity contribution in [2.24, 2.45) is 5.92 Å². The summed E-state index contributed by atoms with van der Waals surface area (Å²) in [6, 6.07) is 45.8. The van der Waals surface area contributed by atoms with Gasteiger partial charge in [-0.3, -0.25) is 14.5 Å². The molecule has 220 valence electrons. The Morgan fingerprint density at radius 3 is 1.57 bits per heavy atom. The van der Waals surface area contributed by atoms with Crippen molar-refractivity contribution in [3.63, 3.8) is 0 Å². The summed E-state index contributed by atoms with van der Waals surface area (Å²) in [4.78, 5) is 30.3. The van der Waals surface area contributed by atoms with Crippen molar-refractivity contribution in [1.29, 1.82) is 0 Å². The molecule has 5 aromatic carbocycles. The number of hydrogen-bond acceptors (Lipinski definition) is 5. The maximum Gasteiger partial charge on any atom is 0.324 e. The minimum atomic E-state index is -1.01.